The molecule has 0 atom stereocenters. The van der Waals surface area contributed by atoms with E-state index in [0.717, 1.165) is 84.0 Å². The molecule has 4 heterocycles. The predicted octanol–water partition coefficient (Wildman–Crippen LogP) is 3.04. The minimum Gasteiger partial charge on any atom is -0.384 e. The van der Waals surface area contributed by atoms with Crippen molar-refractivity contribution in [2.75, 3.05) is 38.6 Å². The number of imidazole rings is 1. The van der Waals surface area contributed by atoms with Crippen LogP contribution in [0.15, 0.2) is 48.5 Å². The molecule has 0 amide bonds. The molecule has 156 valence electrons. The van der Waals surface area contributed by atoms with Gasteiger partial charge in [-0.15, -0.1) is 0 Å². The highest BCUT2D eigenvalue weighted by Gasteiger charge is 2.23. The highest BCUT2D eigenvalue weighted by molar-refractivity contribution is 6.01. The molecule has 1 aliphatic rings. The molecule has 1 saturated heterocycles. The fourth-order valence-electron chi connectivity index (χ4n) is 4.31. The van der Waals surface area contributed by atoms with Crippen LogP contribution in [0.2, 0.25) is 0 Å². The standard InChI is InChI=1S/C23H23N7O/c24-21-19(22-26-16-6-2-3-7-17(16)27-22)20-23(28-18-8-4-1-5-15(18)25-20)30(21)10-9-29-11-13-31-14-12-29/h1-8H,9-14,24H2,(H,26,27). The lowest BCUT2D eigenvalue weighted by Crippen LogP contribution is -2.38. The summed E-state index contributed by atoms with van der Waals surface area (Å²) in [5.41, 5.74) is 12.7. The number of aromatic nitrogens is 5. The number of nitrogens with one attached hydrogen (secondary N) is 1. The van der Waals surface area contributed by atoms with E-state index in [0.29, 0.717) is 5.82 Å². The first kappa shape index (κ1) is 18.3. The van der Waals surface area contributed by atoms with Crippen molar-refractivity contribution in [3.63, 3.8) is 0 Å². The van der Waals surface area contributed by atoms with E-state index in [1.807, 2.05) is 48.5 Å². The Balaban J connectivity index is 1.52. The fourth-order valence-corrected chi connectivity index (χ4v) is 4.31. The zero-order valence-corrected chi connectivity index (χ0v) is 17.1. The number of para-hydroxylation sites is 4. The molecule has 1 aliphatic heterocycles. The Kier molecular flexibility index (Phi) is 4.33. The van der Waals surface area contributed by atoms with Gasteiger partial charge < -0.3 is 20.0 Å². The number of rotatable bonds is 4. The lowest BCUT2D eigenvalue weighted by atomic mass is 10.2. The summed E-state index contributed by atoms with van der Waals surface area (Å²) >= 11 is 0. The Morgan fingerprint density at radius 2 is 1.58 bits per heavy atom. The third-order valence-corrected chi connectivity index (χ3v) is 5.96. The van der Waals surface area contributed by atoms with Crippen molar-refractivity contribution in [2.24, 2.45) is 0 Å². The lowest BCUT2D eigenvalue weighted by molar-refractivity contribution is 0.0366. The Bertz CT molecular complexity index is 1360. The Morgan fingerprint density at radius 1 is 0.871 bits per heavy atom. The first-order valence-corrected chi connectivity index (χ1v) is 10.6. The SMILES string of the molecule is Nc1c(-c2nc3ccccc3[nH]2)c2nc3ccccc3nc2n1CCN1CCOCC1. The number of H-pyrrole nitrogens is 1. The van der Waals surface area contributed by atoms with Crippen molar-refractivity contribution >= 4 is 39.0 Å². The minimum absolute atomic E-state index is 0.637. The Morgan fingerprint density at radius 3 is 2.35 bits per heavy atom. The van der Waals surface area contributed by atoms with Gasteiger partial charge in [-0.1, -0.05) is 24.3 Å². The number of morpholine rings is 1. The van der Waals surface area contributed by atoms with E-state index < -0.39 is 0 Å². The van der Waals surface area contributed by atoms with Gasteiger partial charge in [-0.3, -0.25) is 4.90 Å². The first-order valence-electron chi connectivity index (χ1n) is 10.6. The second-order valence-corrected chi connectivity index (χ2v) is 7.85. The molecular formula is C23H23N7O. The molecule has 3 aromatic heterocycles. The van der Waals surface area contributed by atoms with E-state index in [-0.39, 0.29) is 0 Å². The molecule has 0 radical (unpaired) electrons. The largest absolute Gasteiger partial charge is 0.384 e. The zero-order valence-electron chi connectivity index (χ0n) is 17.1. The van der Waals surface area contributed by atoms with E-state index >= 15 is 0 Å². The monoisotopic (exact) mass is 413 g/mol. The topological polar surface area (TPSA) is 97.9 Å². The van der Waals surface area contributed by atoms with Crippen molar-refractivity contribution < 1.29 is 4.74 Å². The van der Waals surface area contributed by atoms with Crippen LogP contribution in [0.1, 0.15) is 0 Å². The number of nitrogens with two attached hydrogens (primary N) is 1. The van der Waals surface area contributed by atoms with Gasteiger partial charge in [0.1, 0.15) is 17.2 Å². The van der Waals surface area contributed by atoms with Crippen molar-refractivity contribution in [3.05, 3.63) is 48.5 Å². The van der Waals surface area contributed by atoms with Gasteiger partial charge in [-0.25, -0.2) is 15.0 Å². The van der Waals surface area contributed by atoms with Crippen molar-refractivity contribution in [1.82, 2.24) is 29.4 Å². The van der Waals surface area contributed by atoms with E-state index in [2.05, 4.69) is 14.5 Å². The highest BCUT2D eigenvalue weighted by atomic mass is 16.5. The highest BCUT2D eigenvalue weighted by Crippen LogP contribution is 2.35. The van der Waals surface area contributed by atoms with Gasteiger partial charge in [-0.05, 0) is 24.3 Å². The number of nitrogens with zero attached hydrogens (tertiary/aromatic N) is 5. The number of benzene rings is 2. The molecule has 8 nitrogen and oxygen atoms in total. The molecular weight excluding hydrogens is 390 g/mol. The maximum absolute atomic E-state index is 6.73. The molecule has 3 N–H and O–H groups in total. The maximum atomic E-state index is 6.73. The van der Waals surface area contributed by atoms with Crippen LogP contribution in [0.5, 0.6) is 0 Å². The number of anilines is 1. The van der Waals surface area contributed by atoms with E-state index in [1.165, 1.54) is 0 Å². The zero-order chi connectivity index (χ0) is 20.8. The van der Waals surface area contributed by atoms with Gasteiger partial charge in [0, 0.05) is 26.2 Å². The van der Waals surface area contributed by atoms with E-state index in [4.69, 9.17) is 25.4 Å². The average Bonchev–Trinajstić information content (AvgIpc) is 3.34. The van der Waals surface area contributed by atoms with Gasteiger partial charge in [-0.2, -0.15) is 0 Å². The lowest BCUT2D eigenvalue weighted by Gasteiger charge is -2.26. The van der Waals surface area contributed by atoms with Gasteiger partial charge >= 0.3 is 0 Å². The summed E-state index contributed by atoms with van der Waals surface area (Å²) in [5.74, 6) is 1.36. The Labute approximate surface area is 178 Å². The van der Waals surface area contributed by atoms with Crippen LogP contribution in [0.4, 0.5) is 5.82 Å². The van der Waals surface area contributed by atoms with E-state index in [1.54, 1.807) is 0 Å². The number of hydrogen-bond donors (Lipinski definition) is 2. The number of nitrogen functional groups attached to an aromatic ring is 1. The summed E-state index contributed by atoms with van der Waals surface area (Å²) < 4.78 is 7.55. The fraction of sp³-hybridized carbons (Fsp3) is 0.261. The molecule has 5 aromatic rings. The van der Waals surface area contributed by atoms with Gasteiger partial charge in [0.15, 0.2) is 5.65 Å². The van der Waals surface area contributed by atoms with Gasteiger partial charge in [0.2, 0.25) is 0 Å². The predicted molar refractivity (Wildman–Crippen MR) is 122 cm³/mol. The molecule has 0 spiro atoms. The van der Waals surface area contributed by atoms with Crippen LogP contribution >= 0.6 is 0 Å². The smallest absolute Gasteiger partial charge is 0.161 e. The van der Waals surface area contributed by atoms with Crippen LogP contribution in [-0.4, -0.2) is 62.3 Å². The number of aromatic amines is 1. The number of fused-ring (bicyclic) bond motifs is 3. The van der Waals surface area contributed by atoms with Crippen molar-refractivity contribution in [1.29, 1.82) is 0 Å². The molecule has 0 bridgehead atoms. The molecule has 0 aliphatic carbocycles. The van der Waals surface area contributed by atoms with Crippen molar-refractivity contribution in [3.8, 4) is 11.4 Å². The first-order chi connectivity index (χ1) is 15.3. The van der Waals surface area contributed by atoms with Crippen LogP contribution in [0.3, 0.4) is 0 Å². The van der Waals surface area contributed by atoms with Crippen LogP contribution in [-0.2, 0) is 11.3 Å². The molecule has 8 heteroatoms. The summed E-state index contributed by atoms with van der Waals surface area (Å²) in [7, 11) is 0. The van der Waals surface area contributed by atoms with Gasteiger partial charge in [0.05, 0.1) is 40.8 Å². The molecule has 2 aromatic carbocycles. The summed E-state index contributed by atoms with van der Waals surface area (Å²) in [6.07, 6.45) is 0. The third-order valence-electron chi connectivity index (χ3n) is 5.96. The molecule has 1 fully saturated rings. The summed E-state index contributed by atoms with van der Waals surface area (Å²) in [6.45, 7) is 5.03. The summed E-state index contributed by atoms with van der Waals surface area (Å²) in [5, 5.41) is 0. The van der Waals surface area contributed by atoms with Crippen molar-refractivity contribution in [2.45, 2.75) is 6.54 Å². The second kappa shape index (κ2) is 7.33. The van der Waals surface area contributed by atoms with Crippen LogP contribution in [0, 0.1) is 0 Å². The molecule has 6 rings (SSSR count). The Hall–Kier alpha value is -3.49. The molecule has 31 heavy (non-hydrogen) atoms. The maximum Gasteiger partial charge on any atom is 0.161 e. The quantitative estimate of drug-likeness (QED) is 0.470. The molecule has 0 saturated carbocycles. The van der Waals surface area contributed by atoms with Crippen LogP contribution in [0.25, 0.3) is 44.6 Å². The second-order valence-electron chi connectivity index (χ2n) is 7.85. The number of ether oxygens (including phenoxy) is 1. The molecule has 0 unspecified atom stereocenters. The summed E-state index contributed by atoms with van der Waals surface area (Å²) in [6, 6.07) is 15.9. The number of hydrogen-bond acceptors (Lipinski definition) is 6. The van der Waals surface area contributed by atoms with E-state index in [9.17, 15) is 0 Å². The normalized spacial score (nSPS) is 15.4. The van der Waals surface area contributed by atoms with Gasteiger partial charge in [0.25, 0.3) is 0 Å². The summed E-state index contributed by atoms with van der Waals surface area (Å²) in [4.78, 5) is 20.5. The third kappa shape index (κ3) is 3.11. The minimum atomic E-state index is 0.637. The average molecular weight is 413 g/mol. The van der Waals surface area contributed by atoms with Crippen LogP contribution < -0.4 is 5.73 Å².